The molecule has 73 heavy (non-hydrogen) atoms. The lowest BCUT2D eigenvalue weighted by molar-refractivity contribution is 0.669. The smallest absolute Gasteiger partial charge is 0.136 e. The van der Waals surface area contributed by atoms with E-state index in [1.165, 1.54) is 88.7 Å². The molecule has 12 aromatic carbocycles. The minimum atomic E-state index is -0.556. The van der Waals surface area contributed by atoms with Crippen LogP contribution in [-0.2, 0) is 5.41 Å². The predicted molar refractivity (Wildman–Crippen MR) is 304 cm³/mol. The van der Waals surface area contributed by atoms with Crippen LogP contribution >= 0.6 is 0 Å². The number of hydrogen-bond donors (Lipinski definition) is 0. The van der Waals surface area contributed by atoms with Crippen LogP contribution in [0.4, 0.5) is 17.1 Å². The normalized spacial score (nSPS) is 12.8. The molecule has 0 amide bonds. The van der Waals surface area contributed by atoms with E-state index >= 15 is 0 Å². The van der Waals surface area contributed by atoms with Gasteiger partial charge in [-0.3, -0.25) is 0 Å². The van der Waals surface area contributed by atoms with E-state index in [1.807, 2.05) is 12.1 Å². The highest BCUT2D eigenvalue weighted by molar-refractivity contribution is 6.06. The fourth-order valence-electron chi connectivity index (χ4n) is 12.4. The topological polar surface area (TPSA) is 16.4 Å². The Bertz CT molecular complexity index is 4260. The number of nitrogens with zero attached hydrogens (tertiary/aromatic N) is 1. The fourth-order valence-corrected chi connectivity index (χ4v) is 12.4. The van der Waals surface area contributed by atoms with Crippen LogP contribution in [0.1, 0.15) is 22.3 Å². The zero-order valence-electron chi connectivity index (χ0n) is 39.8. The maximum atomic E-state index is 6.33. The second-order valence-electron chi connectivity index (χ2n) is 19.5. The van der Waals surface area contributed by atoms with E-state index in [-0.39, 0.29) is 0 Å². The van der Waals surface area contributed by atoms with Crippen LogP contribution in [0, 0.1) is 0 Å². The average molecular weight is 928 g/mol. The number of hydrogen-bond acceptors (Lipinski definition) is 2. The monoisotopic (exact) mass is 927 g/mol. The Morgan fingerprint density at radius 3 is 1.48 bits per heavy atom. The third-order valence-electron chi connectivity index (χ3n) is 15.7. The summed E-state index contributed by atoms with van der Waals surface area (Å²) < 4.78 is 6.33. The molecule has 1 aromatic heterocycles. The SMILES string of the molecule is c1ccc(-c2ccc(N(c3ccc(-c4ccc5c(c4)oc4ccccc45)cc3)c3ccc4c(c3)C3(c5ccccc5-c5ccccc53)c3cc(-c5cccc(-c6cccc7ccccc67)c5)ccc3-4)cc2)cc1. The number of fused-ring (bicyclic) bond motifs is 14. The van der Waals surface area contributed by atoms with Gasteiger partial charge in [0.25, 0.3) is 0 Å². The van der Waals surface area contributed by atoms with Crippen molar-refractivity contribution in [2.24, 2.45) is 0 Å². The summed E-state index contributed by atoms with van der Waals surface area (Å²) in [5.74, 6) is 0. The van der Waals surface area contributed by atoms with E-state index < -0.39 is 5.41 Å². The largest absolute Gasteiger partial charge is 0.456 e. The molecule has 0 N–H and O–H groups in total. The van der Waals surface area contributed by atoms with Crippen LogP contribution in [0.15, 0.2) is 277 Å². The zero-order chi connectivity index (χ0) is 48.0. The highest BCUT2D eigenvalue weighted by Crippen LogP contribution is 2.64. The van der Waals surface area contributed by atoms with Gasteiger partial charge in [0.1, 0.15) is 11.2 Å². The molecule has 0 radical (unpaired) electrons. The molecule has 0 bridgehead atoms. The summed E-state index contributed by atoms with van der Waals surface area (Å²) in [6.07, 6.45) is 0. The molecule has 0 aliphatic heterocycles. The van der Waals surface area contributed by atoms with Crippen molar-refractivity contribution >= 4 is 49.8 Å². The summed E-state index contributed by atoms with van der Waals surface area (Å²) in [5, 5.41) is 4.78. The van der Waals surface area contributed by atoms with Crippen molar-refractivity contribution in [2.75, 3.05) is 4.90 Å². The molecular weight excluding hydrogens is 883 g/mol. The van der Waals surface area contributed by atoms with Crippen LogP contribution in [-0.4, -0.2) is 0 Å². The zero-order valence-corrected chi connectivity index (χ0v) is 39.8. The van der Waals surface area contributed by atoms with Gasteiger partial charge in [-0.25, -0.2) is 0 Å². The van der Waals surface area contributed by atoms with E-state index in [4.69, 9.17) is 4.42 Å². The Balaban J connectivity index is 0.897. The van der Waals surface area contributed by atoms with Crippen molar-refractivity contribution in [3.8, 4) is 66.8 Å². The lowest BCUT2D eigenvalue weighted by Crippen LogP contribution is -2.26. The summed E-state index contributed by atoms with van der Waals surface area (Å²) >= 11 is 0. The highest BCUT2D eigenvalue weighted by atomic mass is 16.3. The molecule has 0 saturated heterocycles. The average Bonchev–Trinajstić information content (AvgIpc) is 4.09. The van der Waals surface area contributed by atoms with Crippen LogP contribution in [0.25, 0.3) is 99.5 Å². The van der Waals surface area contributed by atoms with Gasteiger partial charge in [-0.2, -0.15) is 0 Å². The number of anilines is 3. The summed E-state index contributed by atoms with van der Waals surface area (Å²) in [5.41, 5.74) is 24.3. The Morgan fingerprint density at radius 2 is 0.712 bits per heavy atom. The standard InChI is InChI=1S/C71H45NO/c1-2-14-46(15-3-1)47-28-34-54(35-29-47)72(55-36-30-48(31-37-55)52-33-40-64-63-23-8-11-27-69(63)73-70(64)44-52)56-38-41-62-61-39-32-51(50-18-12-19-53(42-50)58-24-13-17-49-16-4-5-20-57(49)58)43-67(61)71(68(62)45-56)65-25-9-6-21-59(65)60-22-7-10-26-66(60)71/h1-45H. The molecule has 1 heterocycles. The molecule has 1 spiro atoms. The number of rotatable bonds is 7. The van der Waals surface area contributed by atoms with Crippen molar-refractivity contribution < 1.29 is 4.42 Å². The van der Waals surface area contributed by atoms with Gasteiger partial charge in [-0.15, -0.1) is 0 Å². The maximum absolute atomic E-state index is 6.33. The van der Waals surface area contributed by atoms with Gasteiger partial charge in [-0.1, -0.05) is 206 Å². The summed E-state index contributed by atoms with van der Waals surface area (Å²) in [7, 11) is 0. The van der Waals surface area contributed by atoms with Gasteiger partial charge in [0, 0.05) is 27.8 Å². The minimum Gasteiger partial charge on any atom is -0.456 e. The molecule has 0 saturated carbocycles. The van der Waals surface area contributed by atoms with Crippen LogP contribution < -0.4 is 4.90 Å². The molecule has 13 aromatic rings. The van der Waals surface area contributed by atoms with Crippen molar-refractivity contribution in [1.82, 2.24) is 0 Å². The fraction of sp³-hybridized carbons (Fsp3) is 0.0141. The summed E-state index contributed by atoms with van der Waals surface area (Å²) in [6, 6.07) is 101. The number of furan rings is 1. The molecule has 0 atom stereocenters. The number of benzene rings is 12. The summed E-state index contributed by atoms with van der Waals surface area (Å²) in [4.78, 5) is 2.43. The van der Waals surface area contributed by atoms with E-state index in [1.54, 1.807) is 0 Å². The van der Waals surface area contributed by atoms with E-state index in [2.05, 4.69) is 266 Å². The van der Waals surface area contributed by atoms with Gasteiger partial charge in [0.2, 0.25) is 0 Å². The third-order valence-corrected chi connectivity index (χ3v) is 15.7. The van der Waals surface area contributed by atoms with E-state index in [0.29, 0.717) is 0 Å². The molecule has 2 aliphatic rings. The molecule has 2 heteroatoms. The van der Waals surface area contributed by atoms with Gasteiger partial charge < -0.3 is 9.32 Å². The van der Waals surface area contributed by atoms with Gasteiger partial charge in [0.05, 0.1) is 5.41 Å². The molecule has 2 aliphatic carbocycles. The molecule has 0 unspecified atom stereocenters. The first-order valence-corrected chi connectivity index (χ1v) is 25.2. The Labute approximate surface area is 424 Å². The van der Waals surface area contributed by atoms with Crippen LogP contribution in [0.5, 0.6) is 0 Å². The second kappa shape index (κ2) is 16.3. The second-order valence-corrected chi connectivity index (χ2v) is 19.5. The van der Waals surface area contributed by atoms with Gasteiger partial charge in [0.15, 0.2) is 0 Å². The van der Waals surface area contributed by atoms with Crippen molar-refractivity contribution in [2.45, 2.75) is 5.41 Å². The lowest BCUT2D eigenvalue weighted by Gasteiger charge is -2.32. The Kier molecular flexibility index (Phi) is 9.21. The van der Waals surface area contributed by atoms with Gasteiger partial charge >= 0.3 is 0 Å². The number of para-hydroxylation sites is 1. The van der Waals surface area contributed by atoms with Gasteiger partial charge in [-0.05, 0) is 167 Å². The molecule has 340 valence electrons. The van der Waals surface area contributed by atoms with Crippen LogP contribution in [0.3, 0.4) is 0 Å². The predicted octanol–water partition coefficient (Wildman–Crippen LogP) is 19.2. The Morgan fingerprint density at radius 1 is 0.247 bits per heavy atom. The van der Waals surface area contributed by atoms with Crippen molar-refractivity contribution in [1.29, 1.82) is 0 Å². The van der Waals surface area contributed by atoms with Crippen LogP contribution in [0.2, 0.25) is 0 Å². The van der Waals surface area contributed by atoms with E-state index in [0.717, 1.165) is 50.1 Å². The first-order valence-electron chi connectivity index (χ1n) is 25.2. The maximum Gasteiger partial charge on any atom is 0.136 e. The summed E-state index contributed by atoms with van der Waals surface area (Å²) in [6.45, 7) is 0. The lowest BCUT2D eigenvalue weighted by atomic mass is 9.70. The highest BCUT2D eigenvalue weighted by Gasteiger charge is 2.52. The first-order chi connectivity index (χ1) is 36.2. The van der Waals surface area contributed by atoms with E-state index in [9.17, 15) is 0 Å². The molecule has 0 fully saturated rings. The first kappa shape index (κ1) is 41.3. The molecular formula is C71H45NO. The van der Waals surface area contributed by atoms with Crippen molar-refractivity contribution in [3.05, 3.63) is 295 Å². The molecule has 2 nitrogen and oxygen atoms in total. The van der Waals surface area contributed by atoms with Crippen molar-refractivity contribution in [3.63, 3.8) is 0 Å². The minimum absolute atomic E-state index is 0.556. The molecule has 15 rings (SSSR count). The quantitative estimate of drug-likeness (QED) is 0.158. The Hall–Kier alpha value is -9.50. The third kappa shape index (κ3) is 6.37.